The van der Waals surface area contributed by atoms with E-state index in [9.17, 15) is 9.59 Å². The van der Waals surface area contributed by atoms with Crippen LogP contribution in [0.2, 0.25) is 0 Å². The van der Waals surface area contributed by atoms with Crippen LogP contribution in [0.15, 0.2) is 28.9 Å². The number of carbonyl (C=O) groups excluding carboxylic acids is 2. The molecule has 0 N–H and O–H groups in total. The number of likely N-dealkylation sites (N-methyl/N-ethyl adjacent to an activating group) is 1. The minimum Gasteiger partial charge on any atom is -0.457 e. The molecule has 0 aliphatic heterocycles. The summed E-state index contributed by atoms with van der Waals surface area (Å²) in [6.45, 7) is 9.91. The second kappa shape index (κ2) is 6.78. The van der Waals surface area contributed by atoms with E-state index in [4.69, 9.17) is 9.15 Å². The smallest absolute Gasteiger partial charge is 0.375 e. The average Bonchev–Trinajstić information content (AvgIpc) is 2.78. The molecule has 19 heavy (non-hydrogen) atoms. The molecule has 1 aromatic heterocycles. The molecule has 0 aromatic carbocycles. The lowest BCUT2D eigenvalue weighted by Crippen LogP contribution is -2.35. The third kappa shape index (κ3) is 4.28. The summed E-state index contributed by atoms with van der Waals surface area (Å²) in [5, 5.41) is 0. The van der Waals surface area contributed by atoms with Crippen molar-refractivity contribution >= 4 is 11.9 Å². The van der Waals surface area contributed by atoms with E-state index in [2.05, 4.69) is 6.58 Å². The summed E-state index contributed by atoms with van der Waals surface area (Å²) in [6, 6.07) is 1.66. The Morgan fingerprint density at radius 2 is 2.16 bits per heavy atom. The van der Waals surface area contributed by atoms with Gasteiger partial charge in [-0.1, -0.05) is 12.2 Å². The van der Waals surface area contributed by atoms with Gasteiger partial charge in [0.15, 0.2) is 6.61 Å². The van der Waals surface area contributed by atoms with Crippen molar-refractivity contribution in [3.63, 3.8) is 0 Å². The molecule has 1 amide bonds. The molecule has 0 fully saturated rings. The van der Waals surface area contributed by atoms with Crippen LogP contribution >= 0.6 is 0 Å². The summed E-state index contributed by atoms with van der Waals surface area (Å²) in [5.41, 5.74) is 1.56. The number of rotatable bonds is 6. The number of aryl methyl sites for hydroxylation is 1. The minimum atomic E-state index is -0.623. The van der Waals surface area contributed by atoms with Crippen molar-refractivity contribution in [2.75, 3.05) is 19.7 Å². The van der Waals surface area contributed by atoms with Crippen molar-refractivity contribution in [1.82, 2.24) is 4.90 Å². The Kier molecular flexibility index (Phi) is 5.36. The first-order chi connectivity index (χ1) is 8.95. The van der Waals surface area contributed by atoms with Crippen LogP contribution in [0.5, 0.6) is 0 Å². The zero-order valence-electron chi connectivity index (χ0n) is 11.6. The zero-order chi connectivity index (χ0) is 14.4. The number of amides is 1. The molecule has 0 aliphatic rings. The van der Waals surface area contributed by atoms with Crippen molar-refractivity contribution in [2.45, 2.75) is 20.8 Å². The van der Waals surface area contributed by atoms with E-state index in [1.165, 1.54) is 6.26 Å². The van der Waals surface area contributed by atoms with Gasteiger partial charge in [0.05, 0.1) is 6.26 Å². The monoisotopic (exact) mass is 265 g/mol. The van der Waals surface area contributed by atoms with Crippen LogP contribution in [0.1, 0.15) is 30.0 Å². The molecule has 1 rings (SSSR count). The number of hydrogen-bond donors (Lipinski definition) is 0. The highest BCUT2D eigenvalue weighted by Gasteiger charge is 2.18. The Labute approximate surface area is 112 Å². The Morgan fingerprint density at radius 1 is 1.47 bits per heavy atom. The van der Waals surface area contributed by atoms with Gasteiger partial charge in [0.25, 0.3) is 5.91 Å². The van der Waals surface area contributed by atoms with Gasteiger partial charge in [-0.05, 0) is 26.8 Å². The first-order valence-corrected chi connectivity index (χ1v) is 6.09. The first kappa shape index (κ1) is 15.0. The SMILES string of the molecule is C=C(C)CN(CC)C(=O)COC(=O)c1occc1C. The van der Waals surface area contributed by atoms with E-state index in [0.29, 0.717) is 18.7 Å². The number of nitrogens with zero attached hydrogens (tertiary/aromatic N) is 1. The van der Waals surface area contributed by atoms with Gasteiger partial charge in [-0.15, -0.1) is 0 Å². The van der Waals surface area contributed by atoms with Crippen LogP contribution in [-0.4, -0.2) is 36.5 Å². The fourth-order valence-corrected chi connectivity index (χ4v) is 1.57. The maximum atomic E-state index is 11.8. The Hall–Kier alpha value is -2.04. The van der Waals surface area contributed by atoms with Gasteiger partial charge in [-0.3, -0.25) is 4.79 Å². The molecule has 0 saturated carbocycles. The lowest BCUT2D eigenvalue weighted by atomic mass is 10.3. The summed E-state index contributed by atoms with van der Waals surface area (Å²) >= 11 is 0. The molecule has 1 aromatic rings. The van der Waals surface area contributed by atoms with Crippen LogP contribution in [0, 0.1) is 6.92 Å². The standard InChI is InChI=1S/C14H19NO4/c1-5-15(8-10(2)3)12(16)9-19-14(17)13-11(4)6-7-18-13/h6-7H,2,5,8-9H2,1,3-4H3. The quantitative estimate of drug-likeness (QED) is 0.584. The van der Waals surface area contributed by atoms with Crippen LogP contribution < -0.4 is 0 Å². The fraction of sp³-hybridized carbons (Fsp3) is 0.429. The van der Waals surface area contributed by atoms with Crippen molar-refractivity contribution < 1.29 is 18.7 Å². The fourth-order valence-electron chi connectivity index (χ4n) is 1.57. The Morgan fingerprint density at radius 3 is 2.63 bits per heavy atom. The van der Waals surface area contributed by atoms with Gasteiger partial charge in [0, 0.05) is 18.7 Å². The van der Waals surface area contributed by atoms with Crippen LogP contribution in [-0.2, 0) is 9.53 Å². The molecule has 0 aliphatic carbocycles. The van der Waals surface area contributed by atoms with Crippen LogP contribution in [0.3, 0.4) is 0 Å². The highest BCUT2D eigenvalue weighted by atomic mass is 16.5. The maximum absolute atomic E-state index is 11.8. The number of esters is 1. The van der Waals surface area contributed by atoms with Crippen molar-refractivity contribution in [2.24, 2.45) is 0 Å². The highest BCUT2D eigenvalue weighted by molar-refractivity contribution is 5.90. The molecule has 0 spiro atoms. The Bertz CT molecular complexity index is 476. The van der Waals surface area contributed by atoms with E-state index < -0.39 is 5.97 Å². The molecular weight excluding hydrogens is 246 g/mol. The summed E-state index contributed by atoms with van der Waals surface area (Å²) in [7, 11) is 0. The van der Waals surface area contributed by atoms with E-state index in [-0.39, 0.29) is 18.3 Å². The first-order valence-electron chi connectivity index (χ1n) is 6.09. The highest BCUT2D eigenvalue weighted by Crippen LogP contribution is 2.10. The molecule has 104 valence electrons. The molecule has 5 heteroatoms. The molecule has 1 heterocycles. The maximum Gasteiger partial charge on any atom is 0.375 e. The second-order valence-corrected chi connectivity index (χ2v) is 4.37. The van der Waals surface area contributed by atoms with Gasteiger partial charge in [-0.25, -0.2) is 4.79 Å². The van der Waals surface area contributed by atoms with E-state index in [1.807, 2.05) is 13.8 Å². The number of ether oxygens (including phenoxy) is 1. The number of furan rings is 1. The largest absolute Gasteiger partial charge is 0.457 e. The van der Waals surface area contributed by atoms with Gasteiger partial charge < -0.3 is 14.1 Å². The molecule has 0 radical (unpaired) electrons. The normalized spacial score (nSPS) is 10.1. The summed E-state index contributed by atoms with van der Waals surface area (Å²) in [6.07, 6.45) is 1.41. The predicted molar refractivity (Wildman–Crippen MR) is 70.8 cm³/mol. The lowest BCUT2D eigenvalue weighted by Gasteiger charge is -2.20. The summed E-state index contributed by atoms with van der Waals surface area (Å²) in [5.74, 6) is -0.735. The topological polar surface area (TPSA) is 59.8 Å². The van der Waals surface area contributed by atoms with Crippen LogP contribution in [0.4, 0.5) is 0 Å². The molecule has 0 bridgehead atoms. The third-order valence-electron chi connectivity index (χ3n) is 2.57. The van der Waals surface area contributed by atoms with E-state index >= 15 is 0 Å². The molecule has 5 nitrogen and oxygen atoms in total. The number of hydrogen-bond acceptors (Lipinski definition) is 4. The molecular formula is C14H19NO4. The minimum absolute atomic E-state index is 0.135. The van der Waals surface area contributed by atoms with Gasteiger partial charge >= 0.3 is 5.97 Å². The predicted octanol–water partition coefficient (Wildman–Crippen LogP) is 2.17. The van der Waals surface area contributed by atoms with Gasteiger partial charge in [0.1, 0.15) is 0 Å². The summed E-state index contributed by atoms with van der Waals surface area (Å²) in [4.78, 5) is 25.1. The summed E-state index contributed by atoms with van der Waals surface area (Å²) < 4.78 is 9.94. The molecule has 0 saturated heterocycles. The van der Waals surface area contributed by atoms with Crippen LogP contribution in [0.25, 0.3) is 0 Å². The van der Waals surface area contributed by atoms with Crippen molar-refractivity contribution in [1.29, 1.82) is 0 Å². The zero-order valence-corrected chi connectivity index (χ0v) is 11.6. The van der Waals surface area contributed by atoms with Gasteiger partial charge in [0.2, 0.25) is 5.76 Å². The molecule has 0 atom stereocenters. The second-order valence-electron chi connectivity index (χ2n) is 4.37. The lowest BCUT2D eigenvalue weighted by molar-refractivity contribution is -0.134. The van der Waals surface area contributed by atoms with Gasteiger partial charge in [-0.2, -0.15) is 0 Å². The molecule has 0 unspecified atom stereocenters. The average molecular weight is 265 g/mol. The van der Waals surface area contributed by atoms with Crippen molar-refractivity contribution in [3.05, 3.63) is 35.8 Å². The third-order valence-corrected chi connectivity index (χ3v) is 2.57. The van der Waals surface area contributed by atoms with E-state index in [0.717, 1.165) is 5.57 Å². The number of carbonyl (C=O) groups is 2. The Balaban J connectivity index is 2.52. The van der Waals surface area contributed by atoms with Crippen molar-refractivity contribution in [3.8, 4) is 0 Å². The van der Waals surface area contributed by atoms with E-state index in [1.54, 1.807) is 17.9 Å².